The lowest BCUT2D eigenvalue weighted by molar-refractivity contribution is 0.475. The first kappa shape index (κ1) is 13.7. The Morgan fingerprint density at radius 1 is 1.05 bits per heavy atom. The second-order valence-electron chi connectivity index (χ2n) is 4.60. The van der Waals surface area contributed by atoms with Crippen molar-refractivity contribution in [2.75, 3.05) is 6.54 Å². The fourth-order valence-corrected chi connectivity index (χ4v) is 2.21. The zero-order valence-corrected chi connectivity index (χ0v) is 11.4. The molecule has 2 aromatic rings. The van der Waals surface area contributed by atoms with Crippen molar-refractivity contribution >= 4 is 0 Å². The van der Waals surface area contributed by atoms with Gasteiger partial charge in [0.05, 0.1) is 6.04 Å². The summed E-state index contributed by atoms with van der Waals surface area (Å²) in [5.74, 6) is 0.900. The molecule has 1 N–H and O–H groups in total. The molecule has 0 aliphatic rings. The molecule has 3 nitrogen and oxygen atoms in total. The molecule has 0 saturated heterocycles. The highest BCUT2D eigenvalue weighted by Crippen LogP contribution is 2.16. The summed E-state index contributed by atoms with van der Waals surface area (Å²) in [6.07, 6.45) is 6.93. The van der Waals surface area contributed by atoms with Crippen molar-refractivity contribution in [3.63, 3.8) is 0 Å². The SMILES string of the molecule is CCNC(CCCc1ccccc1)c1ncccn1. The van der Waals surface area contributed by atoms with Gasteiger partial charge in [0, 0.05) is 12.4 Å². The van der Waals surface area contributed by atoms with Crippen LogP contribution in [-0.2, 0) is 6.42 Å². The zero-order valence-electron chi connectivity index (χ0n) is 11.4. The summed E-state index contributed by atoms with van der Waals surface area (Å²) in [6, 6.07) is 12.7. The zero-order chi connectivity index (χ0) is 13.3. The lowest BCUT2D eigenvalue weighted by Crippen LogP contribution is -2.23. The Balaban J connectivity index is 1.87. The van der Waals surface area contributed by atoms with Crippen LogP contribution in [-0.4, -0.2) is 16.5 Å². The Labute approximate surface area is 115 Å². The smallest absolute Gasteiger partial charge is 0.145 e. The van der Waals surface area contributed by atoms with Gasteiger partial charge in [-0.2, -0.15) is 0 Å². The number of rotatable bonds is 7. The highest BCUT2D eigenvalue weighted by Gasteiger charge is 2.12. The van der Waals surface area contributed by atoms with E-state index >= 15 is 0 Å². The van der Waals surface area contributed by atoms with Gasteiger partial charge >= 0.3 is 0 Å². The second kappa shape index (κ2) is 7.64. The quantitative estimate of drug-likeness (QED) is 0.826. The van der Waals surface area contributed by atoms with Crippen LogP contribution in [0.3, 0.4) is 0 Å². The van der Waals surface area contributed by atoms with E-state index in [1.54, 1.807) is 0 Å². The van der Waals surface area contributed by atoms with Crippen LogP contribution in [0.4, 0.5) is 0 Å². The molecule has 1 aromatic carbocycles. The van der Waals surface area contributed by atoms with Gasteiger partial charge in [-0.3, -0.25) is 0 Å². The number of nitrogens with one attached hydrogen (secondary N) is 1. The van der Waals surface area contributed by atoms with Crippen LogP contribution in [0.15, 0.2) is 48.8 Å². The van der Waals surface area contributed by atoms with Crippen molar-refractivity contribution in [2.24, 2.45) is 0 Å². The maximum absolute atomic E-state index is 4.35. The number of benzene rings is 1. The maximum Gasteiger partial charge on any atom is 0.145 e. The van der Waals surface area contributed by atoms with Crippen LogP contribution in [0, 0.1) is 0 Å². The van der Waals surface area contributed by atoms with Crippen molar-refractivity contribution in [1.82, 2.24) is 15.3 Å². The first-order chi connectivity index (χ1) is 9.40. The lowest BCUT2D eigenvalue weighted by atomic mass is 10.0. The summed E-state index contributed by atoms with van der Waals surface area (Å²) >= 11 is 0. The third-order valence-electron chi connectivity index (χ3n) is 3.15. The fraction of sp³-hybridized carbons (Fsp3) is 0.375. The predicted molar refractivity (Wildman–Crippen MR) is 77.8 cm³/mol. The van der Waals surface area contributed by atoms with Gasteiger partial charge in [-0.1, -0.05) is 37.3 Å². The van der Waals surface area contributed by atoms with E-state index in [0.717, 1.165) is 31.6 Å². The molecule has 1 heterocycles. The Bertz CT molecular complexity index is 456. The van der Waals surface area contributed by atoms with E-state index in [1.807, 2.05) is 18.5 Å². The summed E-state index contributed by atoms with van der Waals surface area (Å²) in [5.41, 5.74) is 1.40. The van der Waals surface area contributed by atoms with Crippen molar-refractivity contribution in [3.8, 4) is 0 Å². The van der Waals surface area contributed by atoms with Gasteiger partial charge < -0.3 is 5.32 Å². The van der Waals surface area contributed by atoms with Crippen LogP contribution < -0.4 is 5.32 Å². The minimum atomic E-state index is 0.259. The van der Waals surface area contributed by atoms with Crippen molar-refractivity contribution in [3.05, 3.63) is 60.2 Å². The molecule has 3 heteroatoms. The number of aryl methyl sites for hydroxylation is 1. The monoisotopic (exact) mass is 255 g/mol. The molecule has 0 spiro atoms. The molecule has 1 aromatic heterocycles. The van der Waals surface area contributed by atoms with E-state index in [9.17, 15) is 0 Å². The summed E-state index contributed by atoms with van der Waals surface area (Å²) in [7, 11) is 0. The van der Waals surface area contributed by atoms with Crippen LogP contribution >= 0.6 is 0 Å². The van der Waals surface area contributed by atoms with Gasteiger partial charge in [-0.15, -0.1) is 0 Å². The van der Waals surface area contributed by atoms with Gasteiger partial charge in [0.25, 0.3) is 0 Å². The summed E-state index contributed by atoms with van der Waals surface area (Å²) < 4.78 is 0. The normalized spacial score (nSPS) is 12.3. The molecule has 1 atom stereocenters. The Hall–Kier alpha value is -1.74. The van der Waals surface area contributed by atoms with E-state index in [4.69, 9.17) is 0 Å². The van der Waals surface area contributed by atoms with Crippen molar-refractivity contribution < 1.29 is 0 Å². The highest BCUT2D eigenvalue weighted by atomic mass is 15.0. The van der Waals surface area contributed by atoms with Crippen LogP contribution in [0.1, 0.15) is 37.2 Å². The third-order valence-corrected chi connectivity index (χ3v) is 3.15. The van der Waals surface area contributed by atoms with Gasteiger partial charge in [-0.25, -0.2) is 9.97 Å². The fourth-order valence-electron chi connectivity index (χ4n) is 2.21. The highest BCUT2D eigenvalue weighted by molar-refractivity contribution is 5.14. The number of nitrogens with zero attached hydrogens (tertiary/aromatic N) is 2. The van der Waals surface area contributed by atoms with Crippen LogP contribution in [0.25, 0.3) is 0 Å². The molecular formula is C16H21N3. The first-order valence-corrected chi connectivity index (χ1v) is 6.94. The molecule has 0 saturated carbocycles. The molecule has 0 aliphatic carbocycles. The largest absolute Gasteiger partial charge is 0.308 e. The summed E-state index contributed by atoms with van der Waals surface area (Å²) in [4.78, 5) is 8.70. The van der Waals surface area contributed by atoms with E-state index in [1.165, 1.54) is 5.56 Å². The molecule has 0 bridgehead atoms. The molecule has 2 rings (SSSR count). The van der Waals surface area contributed by atoms with E-state index in [2.05, 4.69) is 52.5 Å². The minimum absolute atomic E-state index is 0.259. The number of hydrogen-bond donors (Lipinski definition) is 1. The summed E-state index contributed by atoms with van der Waals surface area (Å²) in [6.45, 7) is 3.06. The summed E-state index contributed by atoms with van der Waals surface area (Å²) in [5, 5.41) is 3.46. The first-order valence-electron chi connectivity index (χ1n) is 6.94. The lowest BCUT2D eigenvalue weighted by Gasteiger charge is -2.16. The topological polar surface area (TPSA) is 37.8 Å². The third kappa shape index (κ3) is 4.45. The number of aromatic nitrogens is 2. The standard InChI is InChI=1S/C16H21N3/c1-2-17-15(16-18-12-7-13-19-16)11-6-10-14-8-4-3-5-9-14/h3-5,7-9,12-13,15,17H,2,6,10-11H2,1H3. The van der Waals surface area contributed by atoms with Crippen LogP contribution in [0.5, 0.6) is 0 Å². The molecule has 0 amide bonds. The molecule has 0 fully saturated rings. The van der Waals surface area contributed by atoms with Gasteiger partial charge in [0.1, 0.15) is 5.82 Å². The van der Waals surface area contributed by atoms with Gasteiger partial charge in [0.15, 0.2) is 0 Å². The van der Waals surface area contributed by atoms with Gasteiger partial charge in [0.2, 0.25) is 0 Å². The van der Waals surface area contributed by atoms with Crippen molar-refractivity contribution in [2.45, 2.75) is 32.2 Å². The molecule has 0 aliphatic heterocycles. The van der Waals surface area contributed by atoms with Crippen LogP contribution in [0.2, 0.25) is 0 Å². The molecular weight excluding hydrogens is 234 g/mol. The van der Waals surface area contributed by atoms with E-state index < -0.39 is 0 Å². The minimum Gasteiger partial charge on any atom is -0.308 e. The van der Waals surface area contributed by atoms with Crippen molar-refractivity contribution in [1.29, 1.82) is 0 Å². The average molecular weight is 255 g/mol. The Kier molecular flexibility index (Phi) is 5.50. The number of hydrogen-bond acceptors (Lipinski definition) is 3. The predicted octanol–water partition coefficient (Wildman–Crippen LogP) is 3.15. The molecule has 0 radical (unpaired) electrons. The van der Waals surface area contributed by atoms with Gasteiger partial charge in [-0.05, 0) is 37.4 Å². The maximum atomic E-state index is 4.35. The van der Waals surface area contributed by atoms with E-state index in [0.29, 0.717) is 0 Å². The Morgan fingerprint density at radius 2 is 1.79 bits per heavy atom. The Morgan fingerprint density at radius 3 is 2.47 bits per heavy atom. The van der Waals surface area contributed by atoms with E-state index in [-0.39, 0.29) is 6.04 Å². The molecule has 100 valence electrons. The molecule has 1 unspecified atom stereocenters. The average Bonchev–Trinajstić information content (AvgIpc) is 2.48. The second-order valence-corrected chi connectivity index (χ2v) is 4.60. The molecule has 19 heavy (non-hydrogen) atoms.